The van der Waals surface area contributed by atoms with E-state index in [1.807, 2.05) is 19.9 Å². The Hall–Kier alpha value is -2.87. The first-order valence-electron chi connectivity index (χ1n) is 8.43. The molecule has 142 valence electrons. The number of rotatable bonds is 4. The summed E-state index contributed by atoms with van der Waals surface area (Å²) in [6.45, 7) is 4.93. The molecule has 6 nitrogen and oxygen atoms in total. The van der Waals surface area contributed by atoms with Gasteiger partial charge in [-0.1, -0.05) is 12.1 Å². The Labute approximate surface area is 155 Å². The van der Waals surface area contributed by atoms with Crippen molar-refractivity contribution < 1.29 is 23.0 Å². The lowest BCUT2D eigenvalue weighted by Gasteiger charge is -2.31. The van der Waals surface area contributed by atoms with E-state index in [2.05, 4.69) is 15.3 Å². The highest BCUT2D eigenvalue weighted by Crippen LogP contribution is 2.30. The first-order valence-corrected chi connectivity index (χ1v) is 8.43. The second kappa shape index (κ2) is 7.79. The molecule has 0 fully saturated rings. The molecule has 27 heavy (non-hydrogen) atoms. The smallest absolute Gasteiger partial charge is 0.277 e. The van der Waals surface area contributed by atoms with Crippen molar-refractivity contribution in [1.29, 1.82) is 0 Å². The third-order valence-electron chi connectivity index (χ3n) is 4.06. The van der Waals surface area contributed by atoms with Crippen LogP contribution in [0.4, 0.5) is 14.5 Å². The largest absolute Gasteiger partial charge is 0.480 e. The van der Waals surface area contributed by atoms with E-state index in [0.717, 1.165) is 11.8 Å². The molecule has 1 amide bonds. The number of aromatic nitrogens is 1. The van der Waals surface area contributed by atoms with E-state index in [-0.39, 0.29) is 0 Å². The van der Waals surface area contributed by atoms with Crippen molar-refractivity contribution in [2.45, 2.75) is 19.4 Å². The molecule has 0 saturated carbocycles. The average Bonchev–Trinajstić information content (AvgIpc) is 2.62. The number of nitrogens with one attached hydrogen (secondary N) is 1. The molecule has 1 aromatic carbocycles. The molecule has 1 aromatic heterocycles. The Balaban J connectivity index is 1.83. The third-order valence-corrected chi connectivity index (χ3v) is 4.06. The topological polar surface area (TPSA) is 72.8 Å². The Morgan fingerprint density at radius 2 is 2.19 bits per heavy atom. The zero-order chi connectivity index (χ0) is 19.4. The van der Waals surface area contributed by atoms with Crippen molar-refractivity contribution in [2.75, 3.05) is 25.1 Å². The van der Waals surface area contributed by atoms with E-state index in [4.69, 9.17) is 9.47 Å². The van der Waals surface area contributed by atoms with Crippen LogP contribution < -0.4 is 5.32 Å². The molecule has 1 N–H and O–H groups in total. The van der Waals surface area contributed by atoms with Gasteiger partial charge in [-0.2, -0.15) is 0 Å². The molecule has 0 radical (unpaired) electrons. The second-order valence-electron chi connectivity index (χ2n) is 6.22. The molecular weight excluding hydrogens is 356 g/mol. The van der Waals surface area contributed by atoms with Crippen LogP contribution in [0, 0.1) is 11.6 Å². The number of halogens is 2. The number of pyridine rings is 1. The normalized spacial score (nSPS) is 19.3. The van der Waals surface area contributed by atoms with Crippen molar-refractivity contribution in [1.82, 2.24) is 4.98 Å². The molecule has 0 saturated heterocycles. The van der Waals surface area contributed by atoms with Crippen LogP contribution in [0.2, 0.25) is 0 Å². The fourth-order valence-corrected chi connectivity index (χ4v) is 2.77. The summed E-state index contributed by atoms with van der Waals surface area (Å²) in [5.41, 5.74) is 0.0708. The Morgan fingerprint density at radius 1 is 1.37 bits per heavy atom. The maximum atomic E-state index is 13.7. The van der Waals surface area contributed by atoms with Gasteiger partial charge in [-0.05, 0) is 31.5 Å². The number of anilines is 1. The van der Waals surface area contributed by atoms with Crippen molar-refractivity contribution in [3.63, 3.8) is 0 Å². The van der Waals surface area contributed by atoms with Gasteiger partial charge in [0.1, 0.15) is 18.0 Å². The second-order valence-corrected chi connectivity index (χ2v) is 6.22. The summed E-state index contributed by atoms with van der Waals surface area (Å²) in [7, 11) is 0. The van der Waals surface area contributed by atoms with Gasteiger partial charge in [-0.15, -0.1) is 0 Å². The number of carbonyl (C=O) groups excluding carboxylic acids is 1. The lowest BCUT2D eigenvalue weighted by Crippen LogP contribution is -2.35. The summed E-state index contributed by atoms with van der Waals surface area (Å²) in [4.78, 5) is 20.4. The van der Waals surface area contributed by atoms with Gasteiger partial charge in [0.2, 0.25) is 5.90 Å². The van der Waals surface area contributed by atoms with E-state index in [9.17, 15) is 13.6 Å². The third kappa shape index (κ3) is 4.28. The summed E-state index contributed by atoms with van der Waals surface area (Å²) >= 11 is 0. The summed E-state index contributed by atoms with van der Waals surface area (Å²) in [5, 5.41) is 2.57. The van der Waals surface area contributed by atoms with Gasteiger partial charge in [-0.3, -0.25) is 4.79 Å². The number of ether oxygens (including phenoxy) is 2. The van der Waals surface area contributed by atoms with Crippen molar-refractivity contribution in [3.8, 4) is 0 Å². The number of carbonyl (C=O) groups is 1. The highest BCUT2D eigenvalue weighted by atomic mass is 19.1. The van der Waals surface area contributed by atoms with Crippen LogP contribution in [0.1, 0.15) is 29.9 Å². The summed E-state index contributed by atoms with van der Waals surface area (Å²) in [6, 6.07) is 7.59. The van der Waals surface area contributed by atoms with Gasteiger partial charge in [0.15, 0.2) is 11.5 Å². The number of aliphatic imine (C=N–C) groups is 1. The molecule has 1 aliphatic rings. The zero-order valence-corrected chi connectivity index (χ0v) is 15.0. The van der Waals surface area contributed by atoms with Crippen LogP contribution >= 0.6 is 0 Å². The number of hydrogen-bond acceptors (Lipinski definition) is 5. The van der Waals surface area contributed by atoms with Crippen LogP contribution in [0.5, 0.6) is 0 Å². The zero-order valence-electron chi connectivity index (χ0n) is 15.0. The Bertz CT molecular complexity index is 888. The predicted molar refractivity (Wildman–Crippen MR) is 95.8 cm³/mol. The lowest BCUT2D eigenvalue weighted by atomic mass is 9.92. The highest BCUT2D eigenvalue weighted by molar-refractivity contribution is 6.03. The maximum Gasteiger partial charge on any atom is 0.277 e. The lowest BCUT2D eigenvalue weighted by molar-refractivity contribution is 0.0861. The molecule has 1 unspecified atom stereocenters. The summed E-state index contributed by atoms with van der Waals surface area (Å²) < 4.78 is 37.7. The Morgan fingerprint density at radius 3 is 2.93 bits per heavy atom. The summed E-state index contributed by atoms with van der Waals surface area (Å²) in [5.74, 6) is -2.13. The minimum Gasteiger partial charge on any atom is -0.480 e. The van der Waals surface area contributed by atoms with Gasteiger partial charge in [0, 0.05) is 11.8 Å². The first kappa shape index (κ1) is 18.9. The van der Waals surface area contributed by atoms with E-state index in [1.54, 1.807) is 18.2 Å². The van der Waals surface area contributed by atoms with Gasteiger partial charge in [0.25, 0.3) is 5.91 Å². The summed E-state index contributed by atoms with van der Waals surface area (Å²) in [6.07, 6.45) is 0.790. The van der Waals surface area contributed by atoms with Gasteiger partial charge in [-0.25, -0.2) is 18.8 Å². The molecule has 1 atom stereocenters. The van der Waals surface area contributed by atoms with Crippen LogP contribution in [0.25, 0.3) is 0 Å². The van der Waals surface area contributed by atoms with Crippen molar-refractivity contribution >= 4 is 17.5 Å². The van der Waals surface area contributed by atoms with Crippen LogP contribution in [-0.2, 0) is 15.0 Å². The minimum atomic E-state index is -1.03. The standard InChI is InChI=1S/C19H19F2N3O3/c1-3-27-16-10-26-11-19(2,24-16)12-5-4-6-14(7-12)23-18(25)17-15(21)8-13(20)9-22-17/h4-9H,3,10-11H2,1-2H3,(H,23,25). The molecule has 2 aromatic rings. The van der Waals surface area contributed by atoms with Crippen LogP contribution in [0.15, 0.2) is 41.5 Å². The molecule has 8 heteroatoms. The van der Waals surface area contributed by atoms with E-state index < -0.39 is 28.8 Å². The first-order chi connectivity index (χ1) is 12.9. The van der Waals surface area contributed by atoms with E-state index in [0.29, 0.717) is 37.5 Å². The molecular formula is C19H19F2N3O3. The molecule has 0 spiro atoms. The fourth-order valence-electron chi connectivity index (χ4n) is 2.77. The van der Waals surface area contributed by atoms with E-state index in [1.165, 1.54) is 0 Å². The van der Waals surface area contributed by atoms with Crippen LogP contribution in [-0.4, -0.2) is 36.6 Å². The minimum absolute atomic E-state index is 0.315. The molecule has 3 rings (SSSR count). The number of benzene rings is 1. The van der Waals surface area contributed by atoms with Crippen molar-refractivity contribution in [2.24, 2.45) is 4.99 Å². The SMILES string of the molecule is CCOC1=NC(C)(c2cccc(NC(=O)c3ncc(F)cc3F)c2)COC1. The Kier molecular flexibility index (Phi) is 5.46. The molecule has 0 aliphatic carbocycles. The molecule has 2 heterocycles. The number of amides is 1. The van der Waals surface area contributed by atoms with Crippen LogP contribution in [0.3, 0.4) is 0 Å². The maximum absolute atomic E-state index is 13.7. The average molecular weight is 375 g/mol. The number of hydrogen-bond donors (Lipinski definition) is 1. The predicted octanol–water partition coefficient (Wildman–Crippen LogP) is 3.29. The highest BCUT2D eigenvalue weighted by Gasteiger charge is 2.31. The molecule has 1 aliphatic heterocycles. The van der Waals surface area contributed by atoms with Crippen molar-refractivity contribution in [3.05, 3.63) is 59.4 Å². The molecule has 0 bridgehead atoms. The fraction of sp³-hybridized carbons (Fsp3) is 0.316. The van der Waals surface area contributed by atoms with Gasteiger partial charge in [0.05, 0.1) is 19.4 Å². The van der Waals surface area contributed by atoms with E-state index >= 15 is 0 Å². The quantitative estimate of drug-likeness (QED) is 0.890. The van der Waals surface area contributed by atoms with Gasteiger partial charge < -0.3 is 14.8 Å². The monoisotopic (exact) mass is 375 g/mol. The number of nitrogens with zero attached hydrogens (tertiary/aromatic N) is 2. The van der Waals surface area contributed by atoms with Gasteiger partial charge >= 0.3 is 0 Å².